The van der Waals surface area contributed by atoms with Crippen molar-refractivity contribution in [3.8, 4) is 0 Å². The molecular weight excluding hydrogens is 337 g/mol. The van der Waals surface area contributed by atoms with Crippen LogP contribution in [0.3, 0.4) is 0 Å². The van der Waals surface area contributed by atoms with E-state index in [2.05, 4.69) is 10.3 Å². The van der Waals surface area contributed by atoms with Crippen LogP contribution < -0.4 is 10.9 Å². The number of aromatic nitrogens is 1. The smallest absolute Gasteiger partial charge is 0.271 e. The highest BCUT2D eigenvalue weighted by molar-refractivity contribution is 6.02. The van der Waals surface area contributed by atoms with Crippen LogP contribution >= 0.6 is 0 Å². The number of H-pyrrole nitrogens is 1. The fraction of sp³-hybridized carbons (Fsp3) is 0.316. The summed E-state index contributed by atoms with van der Waals surface area (Å²) in [6.07, 6.45) is 0.678. The van der Waals surface area contributed by atoms with E-state index in [4.69, 9.17) is 0 Å². The molecule has 2 N–H and O–H groups in total. The number of halogens is 1. The van der Waals surface area contributed by atoms with Gasteiger partial charge >= 0.3 is 0 Å². The molecule has 0 bridgehead atoms. The minimum Gasteiger partial charge on any atom is -0.324 e. The molecule has 1 aromatic heterocycles. The lowest BCUT2D eigenvalue weighted by Crippen LogP contribution is -2.49. The number of fused-ring (bicyclic) bond motifs is 1. The van der Waals surface area contributed by atoms with Crippen molar-refractivity contribution in [3.63, 3.8) is 0 Å². The zero-order valence-corrected chi connectivity index (χ0v) is 14.6. The molecule has 0 saturated carbocycles. The van der Waals surface area contributed by atoms with Gasteiger partial charge in [0.05, 0.1) is 0 Å². The summed E-state index contributed by atoms with van der Waals surface area (Å²) in [7, 11) is 0. The Morgan fingerprint density at radius 1 is 1.31 bits per heavy atom. The number of aromatic amines is 1. The van der Waals surface area contributed by atoms with Crippen LogP contribution in [0.2, 0.25) is 0 Å². The third-order valence-corrected chi connectivity index (χ3v) is 4.71. The number of pyridine rings is 1. The zero-order chi connectivity index (χ0) is 18.8. The number of hydrogen-bond acceptors (Lipinski definition) is 3. The average molecular weight is 357 g/mol. The second-order valence-corrected chi connectivity index (χ2v) is 6.48. The zero-order valence-electron chi connectivity index (χ0n) is 14.6. The molecule has 0 aliphatic carbocycles. The Bertz CT molecular complexity index is 909. The van der Waals surface area contributed by atoms with E-state index in [0.717, 1.165) is 0 Å². The number of carbonyl (C=O) groups excluding carboxylic acids is 2. The van der Waals surface area contributed by atoms with E-state index in [9.17, 15) is 18.8 Å². The molecule has 2 heterocycles. The van der Waals surface area contributed by atoms with Gasteiger partial charge in [-0.2, -0.15) is 0 Å². The summed E-state index contributed by atoms with van der Waals surface area (Å²) >= 11 is 0. The first kappa shape index (κ1) is 17.8. The van der Waals surface area contributed by atoms with Crippen LogP contribution in [0.4, 0.5) is 10.1 Å². The molecule has 0 radical (unpaired) electrons. The number of nitrogens with zero attached hydrogens (tertiary/aromatic N) is 1. The van der Waals surface area contributed by atoms with E-state index in [1.165, 1.54) is 41.3 Å². The topological polar surface area (TPSA) is 82.3 Å². The average Bonchev–Trinajstić information content (AvgIpc) is 2.76. The lowest BCUT2D eigenvalue weighted by molar-refractivity contribution is -0.122. The molecule has 2 unspecified atom stereocenters. The van der Waals surface area contributed by atoms with Gasteiger partial charge < -0.3 is 15.2 Å². The van der Waals surface area contributed by atoms with Crippen molar-refractivity contribution in [2.24, 2.45) is 5.92 Å². The van der Waals surface area contributed by atoms with Gasteiger partial charge in [-0.25, -0.2) is 4.39 Å². The Morgan fingerprint density at radius 3 is 2.77 bits per heavy atom. The minimum atomic E-state index is -0.730. The van der Waals surface area contributed by atoms with Crippen molar-refractivity contribution in [3.05, 3.63) is 63.8 Å². The summed E-state index contributed by atoms with van der Waals surface area (Å²) in [5.74, 6) is -1.36. The highest BCUT2D eigenvalue weighted by atomic mass is 19.1. The second kappa shape index (κ2) is 7.11. The lowest BCUT2D eigenvalue weighted by atomic mass is 9.96. The fourth-order valence-electron chi connectivity index (χ4n) is 3.16. The van der Waals surface area contributed by atoms with Gasteiger partial charge in [-0.05, 0) is 35.7 Å². The summed E-state index contributed by atoms with van der Waals surface area (Å²) < 4.78 is 13.7. The van der Waals surface area contributed by atoms with E-state index in [0.29, 0.717) is 17.7 Å². The van der Waals surface area contributed by atoms with Crippen LogP contribution in [-0.4, -0.2) is 27.7 Å². The molecule has 2 aromatic rings. The maximum atomic E-state index is 13.7. The maximum absolute atomic E-state index is 13.7. The van der Waals surface area contributed by atoms with Gasteiger partial charge in [0, 0.05) is 18.3 Å². The van der Waals surface area contributed by atoms with Crippen LogP contribution in [0.1, 0.15) is 36.3 Å². The van der Waals surface area contributed by atoms with Gasteiger partial charge in [0.15, 0.2) is 0 Å². The third kappa shape index (κ3) is 3.37. The number of hydrogen-bond donors (Lipinski definition) is 2. The highest BCUT2D eigenvalue weighted by Crippen LogP contribution is 2.28. The van der Waals surface area contributed by atoms with Crippen LogP contribution in [0, 0.1) is 11.7 Å². The highest BCUT2D eigenvalue weighted by Gasteiger charge is 2.37. The molecule has 0 fully saturated rings. The van der Waals surface area contributed by atoms with E-state index < -0.39 is 23.3 Å². The third-order valence-electron chi connectivity index (χ3n) is 4.71. The number of nitrogens with one attached hydrogen (secondary N) is 2. The fourth-order valence-corrected chi connectivity index (χ4v) is 3.16. The molecular formula is C19H20FN3O3. The molecule has 0 spiro atoms. The van der Waals surface area contributed by atoms with Crippen molar-refractivity contribution < 1.29 is 14.0 Å². The monoisotopic (exact) mass is 357 g/mol. The van der Waals surface area contributed by atoms with Crippen LogP contribution in [0.5, 0.6) is 0 Å². The Kier molecular flexibility index (Phi) is 4.88. The number of carbonyl (C=O) groups is 2. The van der Waals surface area contributed by atoms with Gasteiger partial charge in [-0.15, -0.1) is 0 Å². The van der Waals surface area contributed by atoms with Gasteiger partial charge in [0.1, 0.15) is 17.6 Å². The van der Waals surface area contributed by atoms with Crippen molar-refractivity contribution in [1.29, 1.82) is 0 Å². The Morgan fingerprint density at radius 2 is 2.08 bits per heavy atom. The number of benzene rings is 1. The standard InChI is InChI=1S/C19H20FN3O3/c1-3-11(2)17-18(25)22-14-8-7-13(20)9-12(14)10-23(17)19(26)15-5-4-6-16(24)21-15/h4-9,11,17H,3,10H2,1-2H3,(H,21,24)(H,22,25). The van der Waals surface area contributed by atoms with Gasteiger partial charge in [-0.3, -0.25) is 14.4 Å². The summed E-state index contributed by atoms with van der Waals surface area (Å²) in [6, 6.07) is 7.62. The quantitative estimate of drug-likeness (QED) is 0.886. The van der Waals surface area contributed by atoms with E-state index in [1.54, 1.807) is 0 Å². The summed E-state index contributed by atoms with van der Waals surface area (Å²) in [5, 5.41) is 2.79. The van der Waals surface area contributed by atoms with Gasteiger partial charge in [-0.1, -0.05) is 26.3 Å². The summed E-state index contributed by atoms with van der Waals surface area (Å²) in [6.45, 7) is 3.88. The Labute approximate surface area is 150 Å². The summed E-state index contributed by atoms with van der Waals surface area (Å²) in [4.78, 5) is 41.3. The first-order valence-electron chi connectivity index (χ1n) is 8.50. The molecule has 7 heteroatoms. The minimum absolute atomic E-state index is 0.0661. The number of amides is 2. The molecule has 1 aliphatic rings. The number of rotatable bonds is 3. The molecule has 136 valence electrons. The number of anilines is 1. The van der Waals surface area contributed by atoms with E-state index >= 15 is 0 Å². The molecule has 3 rings (SSSR count). The Hall–Kier alpha value is -2.96. The predicted molar refractivity (Wildman–Crippen MR) is 95.2 cm³/mol. The summed E-state index contributed by atoms with van der Waals surface area (Å²) in [5.41, 5.74) is 0.692. The van der Waals surface area contributed by atoms with Crippen LogP contribution in [0.25, 0.3) is 0 Å². The maximum Gasteiger partial charge on any atom is 0.271 e. The van der Waals surface area contributed by atoms with Crippen LogP contribution in [-0.2, 0) is 11.3 Å². The predicted octanol–water partition coefficient (Wildman–Crippen LogP) is 2.52. The Balaban J connectivity index is 2.08. The molecule has 6 nitrogen and oxygen atoms in total. The van der Waals surface area contributed by atoms with Crippen molar-refractivity contribution in [1.82, 2.24) is 9.88 Å². The van der Waals surface area contributed by atoms with E-state index in [-0.39, 0.29) is 24.1 Å². The van der Waals surface area contributed by atoms with Crippen LogP contribution in [0.15, 0.2) is 41.2 Å². The van der Waals surface area contributed by atoms with Crippen molar-refractivity contribution in [2.75, 3.05) is 5.32 Å². The molecule has 2 amide bonds. The molecule has 1 aromatic carbocycles. The SMILES string of the molecule is CCC(C)C1C(=O)Nc2ccc(F)cc2CN1C(=O)c1cccc(=O)[nH]1. The lowest BCUT2D eigenvalue weighted by Gasteiger charge is -2.32. The molecule has 0 saturated heterocycles. The molecule has 2 atom stereocenters. The normalized spacial score (nSPS) is 17.9. The second-order valence-electron chi connectivity index (χ2n) is 6.48. The first-order valence-corrected chi connectivity index (χ1v) is 8.50. The first-order chi connectivity index (χ1) is 12.4. The largest absolute Gasteiger partial charge is 0.324 e. The molecule has 1 aliphatic heterocycles. The van der Waals surface area contributed by atoms with Crippen molar-refractivity contribution in [2.45, 2.75) is 32.9 Å². The van der Waals surface area contributed by atoms with E-state index in [1.807, 2.05) is 13.8 Å². The van der Waals surface area contributed by atoms with Crippen molar-refractivity contribution >= 4 is 17.5 Å². The van der Waals surface area contributed by atoms with Gasteiger partial charge in [0.2, 0.25) is 11.5 Å². The van der Waals surface area contributed by atoms with Gasteiger partial charge in [0.25, 0.3) is 5.91 Å². The molecule has 26 heavy (non-hydrogen) atoms.